The summed E-state index contributed by atoms with van der Waals surface area (Å²) in [6, 6.07) is 12.0. The van der Waals surface area contributed by atoms with Crippen LogP contribution in [-0.4, -0.2) is 9.13 Å². The topological polar surface area (TPSA) is 74.5 Å². The van der Waals surface area contributed by atoms with E-state index in [9.17, 15) is 10.1 Å². The van der Waals surface area contributed by atoms with E-state index < -0.39 is 0 Å². The zero-order chi connectivity index (χ0) is 16.9. The summed E-state index contributed by atoms with van der Waals surface area (Å²) < 4.78 is 3.49. The fourth-order valence-corrected chi connectivity index (χ4v) is 3.34. The number of imidazole rings is 1. The minimum Gasteiger partial charge on any atom is -0.290 e. The van der Waals surface area contributed by atoms with Crippen molar-refractivity contribution in [3.8, 4) is 12.1 Å². The number of hydrogen-bond acceptors (Lipinski definition) is 3. The van der Waals surface area contributed by atoms with Crippen LogP contribution < -0.4 is 5.69 Å². The van der Waals surface area contributed by atoms with Gasteiger partial charge in [-0.3, -0.25) is 9.13 Å². The van der Waals surface area contributed by atoms with Gasteiger partial charge in [0.25, 0.3) is 0 Å². The average molecular weight is 320 g/mol. The average Bonchev–Trinajstić information content (AvgIpc) is 2.91. The van der Waals surface area contributed by atoms with Gasteiger partial charge in [0.15, 0.2) is 0 Å². The zero-order valence-corrected chi connectivity index (χ0v) is 13.6. The maximum absolute atomic E-state index is 13.0. The summed E-state index contributed by atoms with van der Waals surface area (Å²) in [7, 11) is 0. The molecular weight excluding hydrogens is 300 g/mol. The van der Waals surface area contributed by atoms with Gasteiger partial charge in [-0.15, -0.1) is 0 Å². The molecule has 0 bridgehead atoms. The number of nitriles is 2. The number of benzene rings is 1. The lowest BCUT2D eigenvalue weighted by Crippen LogP contribution is -2.26. The molecule has 1 atom stereocenters. The Morgan fingerprint density at radius 3 is 2.62 bits per heavy atom. The molecule has 5 nitrogen and oxygen atoms in total. The van der Waals surface area contributed by atoms with Gasteiger partial charge in [0.2, 0.25) is 0 Å². The Morgan fingerprint density at radius 2 is 1.96 bits per heavy atom. The maximum atomic E-state index is 13.0. The molecule has 0 fully saturated rings. The molecule has 0 saturated carbocycles. The van der Waals surface area contributed by atoms with E-state index in [1.807, 2.05) is 24.3 Å². The van der Waals surface area contributed by atoms with Crippen LogP contribution in [0, 0.1) is 28.6 Å². The van der Waals surface area contributed by atoms with Crippen molar-refractivity contribution in [2.45, 2.75) is 45.1 Å². The lowest BCUT2D eigenvalue weighted by atomic mass is 10.0. The first-order chi connectivity index (χ1) is 11.8. The van der Waals surface area contributed by atoms with Crippen molar-refractivity contribution in [2.75, 3.05) is 0 Å². The largest absolute Gasteiger partial charge is 0.333 e. The highest BCUT2D eigenvalue weighted by molar-refractivity contribution is 5.80. The lowest BCUT2D eigenvalue weighted by Gasteiger charge is -2.13. The molecule has 0 saturated heterocycles. The summed E-state index contributed by atoms with van der Waals surface area (Å²) in [5.41, 5.74) is 2.73. The van der Waals surface area contributed by atoms with Crippen molar-refractivity contribution >= 4 is 16.7 Å². The molecule has 1 aliphatic carbocycles. The number of hydrogen-bond donors (Lipinski definition) is 0. The van der Waals surface area contributed by atoms with Crippen molar-refractivity contribution in [1.29, 1.82) is 10.5 Å². The molecule has 1 aromatic heterocycles. The van der Waals surface area contributed by atoms with Crippen molar-refractivity contribution < 1.29 is 0 Å². The van der Waals surface area contributed by atoms with Gasteiger partial charge in [-0.1, -0.05) is 18.2 Å². The first-order valence-electron chi connectivity index (χ1n) is 8.42. The second-order valence-corrected chi connectivity index (χ2v) is 6.18. The standard InChI is InChI=1S/C19H20N4O/c20-12-6-7-15(13-21)14-22-17-10-4-5-11-18(17)23(19(22)24)16-8-2-1-3-9-16/h4-5,8,10-11,15H,1-3,6-7,9,14H2/t15-/m1/s1. The first kappa shape index (κ1) is 16.1. The summed E-state index contributed by atoms with van der Waals surface area (Å²) in [4.78, 5) is 13.0. The molecule has 24 heavy (non-hydrogen) atoms. The molecule has 1 aromatic carbocycles. The van der Waals surface area contributed by atoms with Crippen molar-refractivity contribution in [3.63, 3.8) is 0 Å². The van der Waals surface area contributed by atoms with Gasteiger partial charge >= 0.3 is 5.69 Å². The van der Waals surface area contributed by atoms with Crippen LogP contribution in [0.3, 0.4) is 0 Å². The second kappa shape index (κ2) is 7.19. The van der Waals surface area contributed by atoms with Gasteiger partial charge in [0, 0.05) is 18.7 Å². The molecule has 0 N–H and O–H groups in total. The molecule has 1 aliphatic rings. The van der Waals surface area contributed by atoms with Gasteiger partial charge in [0.05, 0.1) is 29.1 Å². The number of rotatable bonds is 5. The number of nitrogens with zero attached hydrogens (tertiary/aromatic N) is 4. The van der Waals surface area contributed by atoms with Crippen molar-refractivity contribution in [3.05, 3.63) is 40.8 Å². The van der Waals surface area contributed by atoms with E-state index in [1.165, 1.54) is 6.42 Å². The monoisotopic (exact) mass is 320 g/mol. The van der Waals surface area contributed by atoms with E-state index in [-0.39, 0.29) is 11.6 Å². The Labute approximate surface area is 141 Å². The normalized spacial score (nSPS) is 15.5. The Bertz CT molecular complexity index is 904. The number of allylic oxidation sites excluding steroid dienone is 2. The molecule has 0 amide bonds. The Morgan fingerprint density at radius 1 is 1.17 bits per heavy atom. The van der Waals surface area contributed by atoms with Crippen LogP contribution in [0.1, 0.15) is 38.5 Å². The molecule has 1 heterocycles. The fourth-order valence-electron chi connectivity index (χ4n) is 3.34. The predicted molar refractivity (Wildman–Crippen MR) is 92.9 cm³/mol. The predicted octanol–water partition coefficient (Wildman–Crippen LogP) is 3.66. The molecule has 0 radical (unpaired) electrons. The molecule has 0 unspecified atom stereocenters. The van der Waals surface area contributed by atoms with Gasteiger partial charge in [-0.05, 0) is 44.2 Å². The molecule has 3 rings (SSSR count). The Hall–Kier alpha value is -2.79. The minimum atomic E-state index is -0.332. The van der Waals surface area contributed by atoms with Crippen molar-refractivity contribution in [2.24, 2.45) is 5.92 Å². The fraction of sp³-hybridized carbons (Fsp3) is 0.421. The smallest absolute Gasteiger partial charge is 0.290 e. The van der Waals surface area contributed by atoms with Crippen molar-refractivity contribution in [1.82, 2.24) is 9.13 Å². The Kier molecular flexibility index (Phi) is 4.82. The number of fused-ring (bicyclic) bond motifs is 1. The SMILES string of the molecule is N#CCC[C@H](C#N)Cn1c(=O)n(C2=CCCCC2)c2ccccc21. The van der Waals surface area contributed by atoms with Crippen LogP contribution in [0.5, 0.6) is 0 Å². The second-order valence-electron chi connectivity index (χ2n) is 6.18. The third kappa shape index (κ3) is 2.98. The zero-order valence-electron chi connectivity index (χ0n) is 13.6. The van der Waals surface area contributed by atoms with Crippen LogP contribution >= 0.6 is 0 Å². The highest BCUT2D eigenvalue weighted by atomic mass is 16.1. The lowest BCUT2D eigenvalue weighted by molar-refractivity contribution is 0.507. The Balaban J connectivity index is 2.07. The molecule has 2 aromatic rings. The number of para-hydroxylation sites is 2. The van der Waals surface area contributed by atoms with E-state index in [0.717, 1.165) is 36.0 Å². The van der Waals surface area contributed by atoms with E-state index >= 15 is 0 Å². The highest BCUT2D eigenvalue weighted by Crippen LogP contribution is 2.25. The van der Waals surface area contributed by atoms with Crippen LogP contribution in [-0.2, 0) is 6.54 Å². The summed E-state index contributed by atoms with van der Waals surface area (Å²) >= 11 is 0. The van der Waals surface area contributed by atoms with E-state index in [2.05, 4.69) is 18.2 Å². The third-order valence-corrected chi connectivity index (χ3v) is 4.58. The summed E-state index contributed by atoms with van der Waals surface area (Å²) in [5.74, 6) is -0.332. The molecule has 122 valence electrons. The molecule has 5 heteroatoms. The first-order valence-corrected chi connectivity index (χ1v) is 8.42. The number of aromatic nitrogens is 2. The minimum absolute atomic E-state index is 0.0819. The summed E-state index contributed by atoms with van der Waals surface area (Å²) in [5, 5.41) is 18.1. The molecule has 0 spiro atoms. The van der Waals surface area contributed by atoms with Gasteiger partial charge in [-0.25, -0.2) is 4.79 Å². The highest BCUT2D eigenvalue weighted by Gasteiger charge is 2.19. The maximum Gasteiger partial charge on any atom is 0.333 e. The van der Waals surface area contributed by atoms with Crippen LogP contribution in [0.4, 0.5) is 0 Å². The van der Waals surface area contributed by atoms with Gasteiger partial charge in [0.1, 0.15) is 0 Å². The third-order valence-electron chi connectivity index (χ3n) is 4.58. The van der Waals surface area contributed by atoms with E-state index in [1.54, 1.807) is 9.13 Å². The van der Waals surface area contributed by atoms with Gasteiger partial charge < -0.3 is 0 Å². The quantitative estimate of drug-likeness (QED) is 0.843. The molecular formula is C19H20N4O. The summed E-state index contributed by atoms with van der Waals surface area (Å²) in [6.07, 6.45) is 7.15. The van der Waals surface area contributed by atoms with Gasteiger partial charge in [-0.2, -0.15) is 10.5 Å². The van der Waals surface area contributed by atoms with Crippen LogP contribution in [0.15, 0.2) is 35.1 Å². The van der Waals surface area contributed by atoms with E-state index in [0.29, 0.717) is 19.4 Å². The van der Waals surface area contributed by atoms with Crippen LogP contribution in [0.25, 0.3) is 16.7 Å². The van der Waals surface area contributed by atoms with E-state index in [4.69, 9.17) is 5.26 Å². The van der Waals surface area contributed by atoms with Crippen LogP contribution in [0.2, 0.25) is 0 Å². The molecule has 0 aliphatic heterocycles. The summed E-state index contributed by atoms with van der Waals surface area (Å²) in [6.45, 7) is 0.331.